The molecule has 0 saturated carbocycles. The molecule has 0 bridgehead atoms. The standard InChI is InChI=1S/C15H14OS/c1-12(17-15-6-4-3-5-7-15)13-8-10-14(16-2)11-9-13/h3-11H,1H2,2H3. The Labute approximate surface area is 106 Å². The second kappa shape index (κ2) is 5.60. The third-order valence-corrected chi connectivity index (χ3v) is 3.39. The molecule has 0 aromatic heterocycles. The Morgan fingerprint density at radius 2 is 1.65 bits per heavy atom. The molecule has 0 aliphatic rings. The van der Waals surface area contributed by atoms with E-state index < -0.39 is 0 Å². The van der Waals surface area contributed by atoms with E-state index in [2.05, 4.69) is 18.7 Å². The molecule has 2 aromatic carbocycles. The molecule has 17 heavy (non-hydrogen) atoms. The first-order valence-electron chi connectivity index (χ1n) is 5.36. The van der Waals surface area contributed by atoms with Gasteiger partial charge in [0, 0.05) is 9.80 Å². The van der Waals surface area contributed by atoms with Gasteiger partial charge in [-0.3, -0.25) is 0 Å². The number of benzene rings is 2. The van der Waals surface area contributed by atoms with Crippen LogP contribution in [0.15, 0.2) is 66.1 Å². The molecule has 2 heteroatoms. The minimum Gasteiger partial charge on any atom is -0.497 e. The average molecular weight is 242 g/mol. The maximum Gasteiger partial charge on any atom is 0.118 e. The number of rotatable bonds is 4. The van der Waals surface area contributed by atoms with Crippen molar-refractivity contribution in [1.82, 2.24) is 0 Å². The zero-order chi connectivity index (χ0) is 12.1. The quantitative estimate of drug-likeness (QED) is 0.732. The van der Waals surface area contributed by atoms with Crippen LogP contribution in [0.1, 0.15) is 5.56 Å². The van der Waals surface area contributed by atoms with Crippen LogP contribution in [0.2, 0.25) is 0 Å². The highest BCUT2D eigenvalue weighted by Gasteiger charge is 2.01. The summed E-state index contributed by atoms with van der Waals surface area (Å²) in [5, 5.41) is 0. The van der Waals surface area contributed by atoms with Crippen molar-refractivity contribution >= 4 is 16.7 Å². The van der Waals surface area contributed by atoms with Crippen LogP contribution in [0, 0.1) is 0 Å². The van der Waals surface area contributed by atoms with Crippen LogP contribution in [0.25, 0.3) is 4.91 Å². The van der Waals surface area contributed by atoms with E-state index in [1.54, 1.807) is 18.9 Å². The molecule has 2 rings (SSSR count). The van der Waals surface area contributed by atoms with E-state index in [1.165, 1.54) is 4.90 Å². The Morgan fingerprint density at radius 1 is 1.00 bits per heavy atom. The summed E-state index contributed by atoms with van der Waals surface area (Å²) in [7, 11) is 1.67. The van der Waals surface area contributed by atoms with Gasteiger partial charge in [-0.15, -0.1) is 0 Å². The Bertz CT molecular complexity index is 488. The Hall–Kier alpha value is -1.67. The zero-order valence-corrected chi connectivity index (χ0v) is 10.5. The fraction of sp³-hybridized carbons (Fsp3) is 0.0667. The summed E-state index contributed by atoms with van der Waals surface area (Å²) < 4.78 is 5.13. The van der Waals surface area contributed by atoms with E-state index in [0.717, 1.165) is 16.2 Å². The minimum atomic E-state index is 0.867. The number of methoxy groups -OCH3 is 1. The fourth-order valence-electron chi connectivity index (χ4n) is 1.47. The van der Waals surface area contributed by atoms with E-state index in [4.69, 9.17) is 4.74 Å². The predicted octanol–water partition coefficient (Wildman–Crippen LogP) is 4.46. The molecule has 0 saturated heterocycles. The van der Waals surface area contributed by atoms with E-state index in [9.17, 15) is 0 Å². The number of ether oxygens (including phenoxy) is 1. The lowest BCUT2D eigenvalue weighted by atomic mass is 10.2. The molecule has 0 aliphatic heterocycles. The summed E-state index contributed by atoms with van der Waals surface area (Å²) in [4.78, 5) is 2.24. The molecule has 1 nitrogen and oxygen atoms in total. The monoisotopic (exact) mass is 242 g/mol. The highest BCUT2D eigenvalue weighted by Crippen LogP contribution is 2.32. The van der Waals surface area contributed by atoms with Crippen molar-refractivity contribution in [3.63, 3.8) is 0 Å². The van der Waals surface area contributed by atoms with E-state index in [1.807, 2.05) is 42.5 Å². The van der Waals surface area contributed by atoms with Crippen LogP contribution in [0.3, 0.4) is 0 Å². The van der Waals surface area contributed by atoms with Crippen LogP contribution in [-0.2, 0) is 0 Å². The van der Waals surface area contributed by atoms with Crippen molar-refractivity contribution in [2.75, 3.05) is 7.11 Å². The van der Waals surface area contributed by atoms with E-state index in [0.29, 0.717) is 0 Å². The summed E-state index contributed by atoms with van der Waals surface area (Å²) in [6, 6.07) is 18.2. The summed E-state index contributed by atoms with van der Waals surface area (Å²) >= 11 is 1.67. The highest BCUT2D eigenvalue weighted by atomic mass is 32.2. The van der Waals surface area contributed by atoms with Gasteiger partial charge in [0.1, 0.15) is 5.75 Å². The van der Waals surface area contributed by atoms with Crippen LogP contribution in [-0.4, -0.2) is 7.11 Å². The maximum absolute atomic E-state index is 5.13. The average Bonchev–Trinajstić information content (AvgIpc) is 2.40. The molecule has 0 heterocycles. The first kappa shape index (κ1) is 11.8. The first-order valence-corrected chi connectivity index (χ1v) is 6.17. The Morgan fingerprint density at radius 3 is 2.24 bits per heavy atom. The largest absolute Gasteiger partial charge is 0.497 e. The summed E-state index contributed by atoms with van der Waals surface area (Å²) in [6.45, 7) is 4.10. The smallest absolute Gasteiger partial charge is 0.118 e. The van der Waals surface area contributed by atoms with Gasteiger partial charge >= 0.3 is 0 Å². The third kappa shape index (κ3) is 3.14. The summed E-state index contributed by atoms with van der Waals surface area (Å²) in [6.07, 6.45) is 0. The van der Waals surface area contributed by atoms with Gasteiger partial charge in [-0.25, -0.2) is 0 Å². The van der Waals surface area contributed by atoms with Crippen LogP contribution in [0.5, 0.6) is 5.75 Å². The molecule has 2 aromatic rings. The van der Waals surface area contributed by atoms with Gasteiger partial charge in [-0.05, 0) is 29.8 Å². The SMILES string of the molecule is C=C(Sc1ccccc1)c1ccc(OC)cc1. The molecular weight excluding hydrogens is 228 g/mol. The van der Waals surface area contributed by atoms with E-state index in [-0.39, 0.29) is 0 Å². The highest BCUT2D eigenvalue weighted by molar-refractivity contribution is 8.08. The van der Waals surface area contributed by atoms with Crippen LogP contribution in [0.4, 0.5) is 0 Å². The van der Waals surface area contributed by atoms with Gasteiger partial charge in [-0.2, -0.15) is 0 Å². The number of hydrogen-bond acceptors (Lipinski definition) is 2. The van der Waals surface area contributed by atoms with Crippen molar-refractivity contribution in [1.29, 1.82) is 0 Å². The predicted molar refractivity (Wildman–Crippen MR) is 74.3 cm³/mol. The topological polar surface area (TPSA) is 9.23 Å². The lowest BCUT2D eigenvalue weighted by molar-refractivity contribution is 0.415. The minimum absolute atomic E-state index is 0.867. The molecule has 0 N–H and O–H groups in total. The maximum atomic E-state index is 5.13. The van der Waals surface area contributed by atoms with Gasteiger partial charge in [0.15, 0.2) is 0 Å². The van der Waals surface area contributed by atoms with Crippen LogP contribution >= 0.6 is 11.8 Å². The first-order chi connectivity index (χ1) is 8.29. The van der Waals surface area contributed by atoms with Crippen LogP contribution < -0.4 is 4.74 Å². The Balaban J connectivity index is 2.09. The van der Waals surface area contributed by atoms with Gasteiger partial charge in [0.05, 0.1) is 7.11 Å². The second-order valence-electron chi connectivity index (χ2n) is 3.57. The van der Waals surface area contributed by atoms with Crippen molar-refractivity contribution in [3.05, 3.63) is 66.7 Å². The summed E-state index contributed by atoms with van der Waals surface area (Å²) in [5.41, 5.74) is 1.12. The molecule has 0 spiro atoms. The van der Waals surface area contributed by atoms with Gasteiger partial charge < -0.3 is 4.74 Å². The van der Waals surface area contributed by atoms with Crippen molar-refractivity contribution in [2.24, 2.45) is 0 Å². The molecule has 86 valence electrons. The summed E-state index contributed by atoms with van der Waals surface area (Å²) in [5.74, 6) is 0.867. The lowest BCUT2D eigenvalue weighted by Crippen LogP contribution is -1.83. The number of thioether (sulfide) groups is 1. The molecule has 0 aliphatic carbocycles. The normalized spacial score (nSPS) is 9.94. The molecule has 0 fully saturated rings. The van der Waals surface area contributed by atoms with E-state index >= 15 is 0 Å². The molecule has 0 amide bonds. The van der Waals surface area contributed by atoms with Crippen molar-refractivity contribution in [3.8, 4) is 5.75 Å². The van der Waals surface area contributed by atoms with Gasteiger partial charge in [-0.1, -0.05) is 48.7 Å². The molecular formula is C15H14OS. The van der Waals surface area contributed by atoms with Crippen molar-refractivity contribution < 1.29 is 4.74 Å². The van der Waals surface area contributed by atoms with Gasteiger partial charge in [0.2, 0.25) is 0 Å². The second-order valence-corrected chi connectivity index (χ2v) is 4.74. The van der Waals surface area contributed by atoms with Crippen molar-refractivity contribution in [2.45, 2.75) is 4.90 Å². The Kier molecular flexibility index (Phi) is 3.89. The van der Waals surface area contributed by atoms with Gasteiger partial charge in [0.25, 0.3) is 0 Å². The molecule has 0 atom stereocenters. The lowest BCUT2D eigenvalue weighted by Gasteiger charge is -2.06. The molecule has 0 unspecified atom stereocenters. The number of hydrogen-bond donors (Lipinski definition) is 0. The fourth-order valence-corrected chi connectivity index (χ4v) is 2.30. The zero-order valence-electron chi connectivity index (χ0n) is 9.72. The third-order valence-electron chi connectivity index (χ3n) is 2.40. The molecule has 0 radical (unpaired) electrons.